The van der Waals surface area contributed by atoms with E-state index in [1.54, 1.807) is 0 Å². The van der Waals surface area contributed by atoms with Gasteiger partial charge in [-0.3, -0.25) is 4.57 Å². The average Bonchev–Trinajstić information content (AvgIpc) is 2.75. The molecule has 5 heteroatoms. The maximum atomic E-state index is 7.34. The number of terminal acetylenes is 1. The lowest BCUT2D eigenvalue weighted by Gasteiger charge is -2.14. The van der Waals surface area contributed by atoms with Crippen molar-refractivity contribution >= 4 is 23.7 Å². The number of nitrogens with zero attached hydrogens (tertiary/aromatic N) is 2. The molecule has 0 aliphatic carbocycles. The lowest BCUT2D eigenvalue weighted by molar-refractivity contribution is 0.615. The minimum Gasteiger partial charge on any atom is -0.383 e. The molecule has 0 atom stereocenters. The van der Waals surface area contributed by atoms with Crippen molar-refractivity contribution in [3.63, 3.8) is 0 Å². The molecular weight excluding hydrogens is 250 g/mol. The zero-order valence-electron chi connectivity index (χ0n) is 11.5. The van der Waals surface area contributed by atoms with Crippen LogP contribution < -0.4 is 11.1 Å². The molecule has 20 heavy (non-hydrogen) atoms. The molecule has 0 amide bonds. The summed E-state index contributed by atoms with van der Waals surface area (Å²) in [5.41, 5.74) is 8.08. The van der Waals surface area contributed by atoms with Gasteiger partial charge in [0, 0.05) is 23.5 Å². The average molecular weight is 267 g/mol. The summed E-state index contributed by atoms with van der Waals surface area (Å²) in [4.78, 5) is 4.33. The standard InChI is InChI=1S/C15H17N5/c1-4-11-6-5-7-12(8-11)18-15-19-13(9-16)14(17)20(15)10(2)3/h1,5-10,16H,17H2,2-3H3,(H,18,19). The van der Waals surface area contributed by atoms with Gasteiger partial charge in [-0.2, -0.15) is 0 Å². The highest BCUT2D eigenvalue weighted by Crippen LogP contribution is 2.25. The third-order valence-corrected chi connectivity index (χ3v) is 2.92. The summed E-state index contributed by atoms with van der Waals surface area (Å²) in [6, 6.07) is 7.63. The Bertz CT molecular complexity index is 676. The number of hydrogen-bond acceptors (Lipinski definition) is 4. The summed E-state index contributed by atoms with van der Waals surface area (Å²) in [5, 5.41) is 10.5. The van der Waals surface area contributed by atoms with Gasteiger partial charge in [-0.25, -0.2) is 4.98 Å². The number of nitrogen functional groups attached to an aromatic ring is 1. The van der Waals surface area contributed by atoms with Gasteiger partial charge in [-0.05, 0) is 32.0 Å². The lowest BCUT2D eigenvalue weighted by atomic mass is 10.2. The summed E-state index contributed by atoms with van der Waals surface area (Å²) < 4.78 is 1.85. The van der Waals surface area contributed by atoms with Crippen molar-refractivity contribution in [2.75, 3.05) is 11.1 Å². The summed E-state index contributed by atoms with van der Waals surface area (Å²) in [6.45, 7) is 4.02. The lowest BCUT2D eigenvalue weighted by Crippen LogP contribution is -2.09. The van der Waals surface area contributed by atoms with E-state index in [0.29, 0.717) is 17.5 Å². The SMILES string of the molecule is C#Cc1cccc(Nc2nc(C=N)c(N)n2C(C)C)c1. The van der Waals surface area contributed by atoms with Gasteiger partial charge < -0.3 is 16.5 Å². The normalized spacial score (nSPS) is 10.3. The maximum Gasteiger partial charge on any atom is 0.209 e. The molecule has 0 unspecified atom stereocenters. The predicted octanol–water partition coefficient (Wildman–Crippen LogP) is 2.77. The molecule has 102 valence electrons. The first-order valence-corrected chi connectivity index (χ1v) is 6.28. The largest absolute Gasteiger partial charge is 0.383 e. The van der Waals surface area contributed by atoms with E-state index in [4.69, 9.17) is 17.6 Å². The number of nitrogens with two attached hydrogens (primary N) is 1. The fraction of sp³-hybridized carbons (Fsp3) is 0.200. The van der Waals surface area contributed by atoms with Crippen molar-refractivity contribution in [1.29, 1.82) is 5.41 Å². The van der Waals surface area contributed by atoms with Crippen LogP contribution in [0.3, 0.4) is 0 Å². The summed E-state index contributed by atoms with van der Waals surface area (Å²) in [5.74, 6) is 3.67. The first kappa shape index (κ1) is 13.7. The fourth-order valence-electron chi connectivity index (χ4n) is 2.00. The molecule has 1 aromatic heterocycles. The Kier molecular flexibility index (Phi) is 3.76. The van der Waals surface area contributed by atoms with Gasteiger partial charge in [-0.1, -0.05) is 12.0 Å². The molecule has 0 saturated carbocycles. The van der Waals surface area contributed by atoms with Crippen LogP contribution in [0.25, 0.3) is 0 Å². The van der Waals surface area contributed by atoms with E-state index >= 15 is 0 Å². The second-order valence-electron chi connectivity index (χ2n) is 4.66. The monoisotopic (exact) mass is 267 g/mol. The molecular formula is C15H17N5. The van der Waals surface area contributed by atoms with E-state index in [0.717, 1.165) is 17.5 Å². The van der Waals surface area contributed by atoms with Gasteiger partial charge in [0.25, 0.3) is 0 Å². The fourth-order valence-corrected chi connectivity index (χ4v) is 2.00. The topological polar surface area (TPSA) is 79.7 Å². The number of rotatable bonds is 4. The quantitative estimate of drug-likeness (QED) is 0.588. The summed E-state index contributed by atoms with van der Waals surface area (Å²) in [7, 11) is 0. The first-order chi connectivity index (χ1) is 9.56. The second kappa shape index (κ2) is 5.49. The van der Waals surface area contributed by atoms with Crippen molar-refractivity contribution in [3.8, 4) is 12.3 Å². The molecule has 0 aliphatic rings. The maximum absolute atomic E-state index is 7.34. The smallest absolute Gasteiger partial charge is 0.209 e. The van der Waals surface area contributed by atoms with E-state index in [-0.39, 0.29) is 6.04 Å². The van der Waals surface area contributed by atoms with E-state index in [9.17, 15) is 0 Å². The van der Waals surface area contributed by atoms with E-state index in [1.807, 2.05) is 42.7 Å². The summed E-state index contributed by atoms with van der Waals surface area (Å²) >= 11 is 0. The van der Waals surface area contributed by atoms with E-state index < -0.39 is 0 Å². The first-order valence-electron chi connectivity index (χ1n) is 6.28. The van der Waals surface area contributed by atoms with Gasteiger partial charge in [0.1, 0.15) is 11.5 Å². The number of hydrogen-bond donors (Lipinski definition) is 3. The highest BCUT2D eigenvalue weighted by Gasteiger charge is 2.15. The zero-order valence-corrected chi connectivity index (χ0v) is 11.5. The van der Waals surface area contributed by atoms with Crippen molar-refractivity contribution in [2.24, 2.45) is 0 Å². The molecule has 0 aliphatic heterocycles. The van der Waals surface area contributed by atoms with Crippen LogP contribution in [0.15, 0.2) is 24.3 Å². The Balaban J connectivity index is 2.42. The van der Waals surface area contributed by atoms with Crippen LogP contribution in [-0.4, -0.2) is 15.8 Å². The van der Waals surface area contributed by atoms with Gasteiger partial charge in [-0.15, -0.1) is 6.42 Å². The number of benzene rings is 1. The number of imidazole rings is 1. The van der Waals surface area contributed by atoms with E-state index in [2.05, 4.69) is 16.2 Å². The Labute approximate surface area is 118 Å². The van der Waals surface area contributed by atoms with Gasteiger partial charge >= 0.3 is 0 Å². The van der Waals surface area contributed by atoms with Crippen LogP contribution >= 0.6 is 0 Å². The summed E-state index contributed by atoms with van der Waals surface area (Å²) in [6.07, 6.45) is 6.54. The van der Waals surface area contributed by atoms with Crippen LogP contribution in [0, 0.1) is 17.8 Å². The van der Waals surface area contributed by atoms with Crippen molar-refractivity contribution in [2.45, 2.75) is 19.9 Å². The molecule has 4 N–H and O–H groups in total. The van der Waals surface area contributed by atoms with Crippen molar-refractivity contribution in [1.82, 2.24) is 9.55 Å². The molecule has 5 nitrogen and oxygen atoms in total. The van der Waals surface area contributed by atoms with Crippen LogP contribution in [0.4, 0.5) is 17.5 Å². The highest BCUT2D eigenvalue weighted by molar-refractivity contribution is 5.83. The van der Waals surface area contributed by atoms with Crippen LogP contribution in [0.5, 0.6) is 0 Å². The zero-order chi connectivity index (χ0) is 14.7. The molecule has 0 fully saturated rings. The van der Waals surface area contributed by atoms with Gasteiger partial charge in [0.2, 0.25) is 5.95 Å². The predicted molar refractivity (Wildman–Crippen MR) is 82.6 cm³/mol. The van der Waals surface area contributed by atoms with Crippen molar-refractivity contribution in [3.05, 3.63) is 35.5 Å². The minimum absolute atomic E-state index is 0.134. The molecule has 1 aromatic carbocycles. The Morgan fingerprint density at radius 1 is 1.50 bits per heavy atom. The molecule has 0 saturated heterocycles. The Morgan fingerprint density at radius 2 is 2.25 bits per heavy atom. The van der Waals surface area contributed by atoms with Crippen LogP contribution in [0.1, 0.15) is 31.1 Å². The van der Waals surface area contributed by atoms with Gasteiger partial charge in [0.15, 0.2) is 0 Å². The molecule has 0 bridgehead atoms. The number of nitrogens with one attached hydrogen (secondary N) is 2. The van der Waals surface area contributed by atoms with Crippen molar-refractivity contribution < 1.29 is 0 Å². The highest BCUT2D eigenvalue weighted by atomic mass is 15.3. The second-order valence-corrected chi connectivity index (χ2v) is 4.66. The molecule has 0 radical (unpaired) electrons. The Hall–Kier alpha value is -2.74. The third-order valence-electron chi connectivity index (χ3n) is 2.92. The molecule has 0 spiro atoms. The number of aromatic nitrogens is 2. The Morgan fingerprint density at radius 3 is 2.85 bits per heavy atom. The molecule has 2 aromatic rings. The molecule has 1 heterocycles. The van der Waals surface area contributed by atoms with Crippen LogP contribution in [-0.2, 0) is 0 Å². The third kappa shape index (κ3) is 2.50. The van der Waals surface area contributed by atoms with E-state index in [1.165, 1.54) is 0 Å². The molecule has 2 rings (SSSR count). The van der Waals surface area contributed by atoms with Gasteiger partial charge in [0.05, 0.1) is 0 Å². The minimum atomic E-state index is 0.134. The van der Waals surface area contributed by atoms with Crippen LogP contribution in [0.2, 0.25) is 0 Å². The number of anilines is 3.